The smallest absolute Gasteiger partial charge is 0.251 e. The van der Waals surface area contributed by atoms with Crippen LogP contribution in [-0.4, -0.2) is 11.9 Å². The van der Waals surface area contributed by atoms with Crippen molar-refractivity contribution in [3.05, 3.63) is 35.4 Å². The van der Waals surface area contributed by atoms with Gasteiger partial charge in [0.1, 0.15) is 0 Å². The SMILES string of the molecule is CCC1CCCCC1NC(=O)c1cccc(CCl)c1. The summed E-state index contributed by atoms with van der Waals surface area (Å²) in [6.45, 7) is 2.21. The number of halogens is 1. The summed E-state index contributed by atoms with van der Waals surface area (Å²) in [5.41, 5.74) is 1.71. The highest BCUT2D eigenvalue weighted by Crippen LogP contribution is 2.27. The minimum absolute atomic E-state index is 0.0392. The molecule has 0 radical (unpaired) electrons. The maximum Gasteiger partial charge on any atom is 0.251 e. The number of hydrogen-bond donors (Lipinski definition) is 1. The van der Waals surface area contributed by atoms with Crippen LogP contribution in [0.4, 0.5) is 0 Å². The summed E-state index contributed by atoms with van der Waals surface area (Å²) in [5.74, 6) is 1.12. The second kappa shape index (κ2) is 6.95. The molecular formula is C16H22ClNO. The van der Waals surface area contributed by atoms with E-state index in [9.17, 15) is 4.79 Å². The van der Waals surface area contributed by atoms with E-state index in [1.165, 1.54) is 19.3 Å². The molecule has 1 saturated carbocycles. The minimum Gasteiger partial charge on any atom is -0.349 e. The van der Waals surface area contributed by atoms with E-state index in [1.807, 2.05) is 24.3 Å². The van der Waals surface area contributed by atoms with E-state index < -0.39 is 0 Å². The molecule has 3 heteroatoms. The number of rotatable bonds is 4. The first-order valence-corrected chi connectivity index (χ1v) is 7.73. The van der Waals surface area contributed by atoms with E-state index in [4.69, 9.17) is 11.6 Å². The van der Waals surface area contributed by atoms with Crippen LogP contribution >= 0.6 is 11.6 Å². The summed E-state index contributed by atoms with van der Waals surface area (Å²) >= 11 is 5.81. The fraction of sp³-hybridized carbons (Fsp3) is 0.562. The molecule has 2 atom stereocenters. The van der Waals surface area contributed by atoms with Gasteiger partial charge in [-0.05, 0) is 36.5 Å². The van der Waals surface area contributed by atoms with E-state index in [0.29, 0.717) is 17.8 Å². The Hall–Kier alpha value is -1.02. The quantitative estimate of drug-likeness (QED) is 0.825. The molecule has 0 aromatic heterocycles. The topological polar surface area (TPSA) is 29.1 Å². The predicted molar refractivity (Wildman–Crippen MR) is 79.5 cm³/mol. The number of benzene rings is 1. The Bertz CT molecular complexity index is 433. The number of carbonyl (C=O) groups is 1. The highest BCUT2D eigenvalue weighted by atomic mass is 35.5. The largest absolute Gasteiger partial charge is 0.349 e. The van der Waals surface area contributed by atoms with Crippen LogP contribution in [0.1, 0.15) is 54.9 Å². The Balaban J connectivity index is 2.02. The van der Waals surface area contributed by atoms with Crippen molar-refractivity contribution >= 4 is 17.5 Å². The maximum atomic E-state index is 12.3. The maximum absolute atomic E-state index is 12.3. The molecule has 2 nitrogen and oxygen atoms in total. The third-order valence-electron chi connectivity index (χ3n) is 4.09. The van der Waals surface area contributed by atoms with Gasteiger partial charge in [0.25, 0.3) is 5.91 Å². The highest BCUT2D eigenvalue weighted by molar-refractivity contribution is 6.17. The van der Waals surface area contributed by atoms with Gasteiger partial charge in [0.15, 0.2) is 0 Å². The van der Waals surface area contributed by atoms with Gasteiger partial charge in [0.05, 0.1) is 0 Å². The van der Waals surface area contributed by atoms with E-state index >= 15 is 0 Å². The predicted octanol–water partition coefficient (Wildman–Crippen LogP) is 4.12. The Labute approximate surface area is 120 Å². The second-order valence-corrected chi connectivity index (χ2v) is 5.63. The summed E-state index contributed by atoms with van der Waals surface area (Å²) in [6, 6.07) is 7.91. The van der Waals surface area contributed by atoms with Crippen LogP contribution in [-0.2, 0) is 5.88 Å². The first kappa shape index (κ1) is 14.4. The summed E-state index contributed by atoms with van der Waals surface area (Å²) in [5, 5.41) is 3.21. The standard InChI is InChI=1S/C16H22ClNO/c1-2-13-7-3-4-9-15(13)18-16(19)14-8-5-6-12(10-14)11-17/h5-6,8,10,13,15H,2-4,7,9,11H2,1H3,(H,18,19). The molecule has 1 N–H and O–H groups in total. The van der Waals surface area contributed by atoms with Crippen molar-refractivity contribution in [2.45, 2.75) is 50.9 Å². The highest BCUT2D eigenvalue weighted by Gasteiger charge is 2.25. The molecule has 1 amide bonds. The molecule has 1 fully saturated rings. The number of carbonyl (C=O) groups excluding carboxylic acids is 1. The number of amides is 1. The normalized spacial score (nSPS) is 23.1. The van der Waals surface area contributed by atoms with Gasteiger partial charge in [0, 0.05) is 17.5 Å². The molecule has 2 unspecified atom stereocenters. The van der Waals surface area contributed by atoms with Crippen LogP contribution in [0.2, 0.25) is 0 Å². The number of nitrogens with one attached hydrogen (secondary N) is 1. The average molecular weight is 280 g/mol. The summed E-state index contributed by atoms with van der Waals surface area (Å²) in [4.78, 5) is 12.3. The molecule has 1 aliphatic carbocycles. The van der Waals surface area contributed by atoms with Crippen molar-refractivity contribution in [3.63, 3.8) is 0 Å². The van der Waals surface area contributed by atoms with Crippen molar-refractivity contribution < 1.29 is 4.79 Å². The first-order valence-electron chi connectivity index (χ1n) is 7.20. The molecule has 104 valence electrons. The van der Waals surface area contributed by atoms with Gasteiger partial charge in [-0.15, -0.1) is 11.6 Å². The van der Waals surface area contributed by atoms with E-state index in [-0.39, 0.29) is 5.91 Å². The van der Waals surface area contributed by atoms with Gasteiger partial charge in [-0.2, -0.15) is 0 Å². The Kier molecular flexibility index (Phi) is 5.26. The fourth-order valence-corrected chi connectivity index (χ4v) is 3.10. The monoisotopic (exact) mass is 279 g/mol. The molecule has 19 heavy (non-hydrogen) atoms. The second-order valence-electron chi connectivity index (χ2n) is 5.37. The zero-order valence-electron chi connectivity index (χ0n) is 11.5. The lowest BCUT2D eigenvalue weighted by Crippen LogP contribution is -2.41. The zero-order chi connectivity index (χ0) is 13.7. The van der Waals surface area contributed by atoms with Crippen molar-refractivity contribution in [3.8, 4) is 0 Å². The van der Waals surface area contributed by atoms with Crippen LogP contribution in [0.15, 0.2) is 24.3 Å². The van der Waals surface area contributed by atoms with Gasteiger partial charge < -0.3 is 5.32 Å². The summed E-state index contributed by atoms with van der Waals surface area (Å²) < 4.78 is 0. The average Bonchev–Trinajstić information content (AvgIpc) is 2.47. The summed E-state index contributed by atoms with van der Waals surface area (Å²) in [7, 11) is 0. The van der Waals surface area contributed by atoms with Crippen LogP contribution in [0.5, 0.6) is 0 Å². The van der Waals surface area contributed by atoms with Crippen molar-refractivity contribution in [2.75, 3.05) is 0 Å². The van der Waals surface area contributed by atoms with Crippen molar-refractivity contribution in [1.82, 2.24) is 5.32 Å². The molecule has 0 aliphatic heterocycles. The van der Waals surface area contributed by atoms with Gasteiger partial charge in [-0.25, -0.2) is 0 Å². The minimum atomic E-state index is 0.0392. The Morgan fingerprint density at radius 3 is 2.89 bits per heavy atom. The van der Waals surface area contributed by atoms with E-state index in [0.717, 1.165) is 24.0 Å². The first-order chi connectivity index (χ1) is 9.24. The van der Waals surface area contributed by atoms with Gasteiger partial charge in [-0.3, -0.25) is 4.79 Å². The van der Waals surface area contributed by atoms with Crippen LogP contribution in [0, 0.1) is 5.92 Å². The molecule has 0 heterocycles. The zero-order valence-corrected chi connectivity index (χ0v) is 12.2. The molecule has 2 rings (SSSR count). The van der Waals surface area contributed by atoms with E-state index in [1.54, 1.807) is 0 Å². The lowest BCUT2D eigenvalue weighted by atomic mass is 9.83. The molecule has 1 aromatic rings. The molecule has 1 aliphatic rings. The fourth-order valence-electron chi connectivity index (χ4n) is 2.93. The van der Waals surface area contributed by atoms with Gasteiger partial charge >= 0.3 is 0 Å². The molecule has 0 saturated heterocycles. The number of hydrogen-bond acceptors (Lipinski definition) is 1. The molecule has 1 aromatic carbocycles. The van der Waals surface area contributed by atoms with E-state index in [2.05, 4.69) is 12.2 Å². The third kappa shape index (κ3) is 3.73. The molecular weight excluding hydrogens is 258 g/mol. The Morgan fingerprint density at radius 1 is 1.37 bits per heavy atom. The molecule has 0 bridgehead atoms. The number of alkyl halides is 1. The third-order valence-corrected chi connectivity index (χ3v) is 4.40. The van der Waals surface area contributed by atoms with Crippen LogP contribution in [0.3, 0.4) is 0 Å². The summed E-state index contributed by atoms with van der Waals surface area (Å²) in [6.07, 6.45) is 6.02. The van der Waals surface area contributed by atoms with Gasteiger partial charge in [0.2, 0.25) is 0 Å². The van der Waals surface area contributed by atoms with Crippen LogP contribution in [0.25, 0.3) is 0 Å². The van der Waals surface area contributed by atoms with Crippen molar-refractivity contribution in [1.29, 1.82) is 0 Å². The molecule has 0 spiro atoms. The van der Waals surface area contributed by atoms with Gasteiger partial charge in [-0.1, -0.05) is 38.3 Å². The van der Waals surface area contributed by atoms with Crippen molar-refractivity contribution in [2.24, 2.45) is 5.92 Å². The lowest BCUT2D eigenvalue weighted by Gasteiger charge is -2.31. The Morgan fingerprint density at radius 2 is 2.16 bits per heavy atom. The lowest BCUT2D eigenvalue weighted by molar-refractivity contribution is 0.0904. The van der Waals surface area contributed by atoms with Crippen LogP contribution < -0.4 is 5.32 Å².